The Kier molecular flexibility index (Phi) is 5.62. The predicted molar refractivity (Wildman–Crippen MR) is 81.5 cm³/mol. The molecule has 2 heteroatoms. The monoisotopic (exact) mass is 259 g/mol. The molecule has 0 saturated carbocycles. The molecule has 0 aliphatic carbocycles. The fourth-order valence-corrected chi connectivity index (χ4v) is 5.01. The molecule has 0 radical (unpaired) electrons. The zero-order chi connectivity index (χ0) is 13.6. The molecule has 0 bridgehead atoms. The van der Waals surface area contributed by atoms with Crippen LogP contribution < -0.4 is 0 Å². The van der Waals surface area contributed by atoms with Gasteiger partial charge in [0, 0.05) is 0 Å². The Bertz CT molecular complexity index is 417. The fraction of sp³-hybridized carbons (Fsp3) is 0.562. The van der Waals surface area contributed by atoms with E-state index in [0.717, 1.165) is 16.7 Å². The predicted octanol–water partition coefficient (Wildman–Crippen LogP) is 5.14. The van der Waals surface area contributed by atoms with Gasteiger partial charge in [0.15, 0.2) is 0 Å². The van der Waals surface area contributed by atoms with E-state index in [1.165, 1.54) is 19.3 Å². The van der Waals surface area contributed by atoms with E-state index in [-0.39, 0.29) is 0 Å². The zero-order valence-electron chi connectivity index (χ0n) is 12.2. The highest BCUT2D eigenvalue weighted by Crippen LogP contribution is 2.36. The smallest absolute Gasteiger partial charge is 0.0994 e. The van der Waals surface area contributed by atoms with Gasteiger partial charge in [0.2, 0.25) is 0 Å². The van der Waals surface area contributed by atoms with Gasteiger partial charge >= 0.3 is 0 Å². The SMILES string of the molecule is CC1CCCC[Si]1(C)C.Cc1ccccc1C#N. The van der Waals surface area contributed by atoms with Crippen molar-refractivity contribution in [1.82, 2.24) is 0 Å². The number of aryl methyl sites for hydroxylation is 1. The van der Waals surface area contributed by atoms with E-state index < -0.39 is 8.07 Å². The third-order valence-corrected chi connectivity index (χ3v) is 8.91. The quantitative estimate of drug-likeness (QED) is 0.592. The van der Waals surface area contributed by atoms with E-state index in [1.54, 1.807) is 6.04 Å². The highest BCUT2D eigenvalue weighted by atomic mass is 28.3. The van der Waals surface area contributed by atoms with Crippen LogP contribution >= 0.6 is 0 Å². The van der Waals surface area contributed by atoms with Crippen molar-refractivity contribution in [3.63, 3.8) is 0 Å². The van der Waals surface area contributed by atoms with Gasteiger partial charge in [-0.3, -0.25) is 0 Å². The van der Waals surface area contributed by atoms with E-state index >= 15 is 0 Å². The minimum Gasteiger partial charge on any atom is -0.192 e. The number of nitrogens with zero attached hydrogens (tertiary/aromatic N) is 1. The molecule has 18 heavy (non-hydrogen) atoms. The maximum absolute atomic E-state index is 8.47. The largest absolute Gasteiger partial charge is 0.192 e. The fourth-order valence-electron chi connectivity index (χ4n) is 2.37. The molecular weight excluding hydrogens is 234 g/mol. The van der Waals surface area contributed by atoms with Gasteiger partial charge < -0.3 is 0 Å². The van der Waals surface area contributed by atoms with E-state index in [4.69, 9.17) is 5.26 Å². The first-order valence-electron chi connectivity index (χ1n) is 6.93. The van der Waals surface area contributed by atoms with Gasteiger partial charge in [-0.1, -0.05) is 63.5 Å². The summed E-state index contributed by atoms with van der Waals surface area (Å²) in [4.78, 5) is 0. The van der Waals surface area contributed by atoms with Gasteiger partial charge in [0.1, 0.15) is 0 Å². The summed E-state index contributed by atoms with van der Waals surface area (Å²) >= 11 is 0. The van der Waals surface area contributed by atoms with Crippen LogP contribution in [-0.2, 0) is 0 Å². The second-order valence-electron chi connectivity index (χ2n) is 6.06. The van der Waals surface area contributed by atoms with Crippen molar-refractivity contribution in [1.29, 1.82) is 5.26 Å². The van der Waals surface area contributed by atoms with Crippen LogP contribution in [0.15, 0.2) is 24.3 Å². The van der Waals surface area contributed by atoms with Gasteiger partial charge in [0.05, 0.1) is 19.7 Å². The molecule has 0 spiro atoms. The van der Waals surface area contributed by atoms with Crippen LogP contribution in [0.25, 0.3) is 0 Å². The molecule has 1 aromatic rings. The van der Waals surface area contributed by atoms with Crippen molar-refractivity contribution in [3.8, 4) is 6.07 Å². The second-order valence-corrected chi connectivity index (χ2v) is 11.5. The molecule has 2 rings (SSSR count). The molecule has 0 N–H and O–H groups in total. The summed E-state index contributed by atoms with van der Waals surface area (Å²) in [5.41, 5.74) is 2.89. The Morgan fingerprint density at radius 2 is 1.89 bits per heavy atom. The van der Waals surface area contributed by atoms with Crippen LogP contribution in [0.4, 0.5) is 0 Å². The van der Waals surface area contributed by atoms with Crippen molar-refractivity contribution in [2.45, 2.75) is 57.8 Å². The molecule has 1 aliphatic rings. The summed E-state index contributed by atoms with van der Waals surface area (Å²) in [5.74, 6) is 0. The second kappa shape index (κ2) is 6.75. The summed E-state index contributed by atoms with van der Waals surface area (Å²) in [6.45, 7) is 9.46. The molecule has 1 aliphatic heterocycles. The van der Waals surface area contributed by atoms with Gasteiger partial charge in [0.25, 0.3) is 0 Å². The third kappa shape index (κ3) is 4.31. The number of nitriles is 1. The Morgan fingerprint density at radius 3 is 2.28 bits per heavy atom. The summed E-state index contributed by atoms with van der Waals surface area (Å²) in [5, 5.41) is 8.47. The number of rotatable bonds is 0. The summed E-state index contributed by atoms with van der Waals surface area (Å²) in [6.07, 6.45) is 4.53. The molecule has 1 heterocycles. The highest BCUT2D eigenvalue weighted by Gasteiger charge is 2.30. The average Bonchev–Trinajstić information content (AvgIpc) is 2.34. The van der Waals surface area contributed by atoms with Crippen LogP contribution in [0, 0.1) is 18.3 Å². The lowest BCUT2D eigenvalue weighted by Crippen LogP contribution is -2.33. The van der Waals surface area contributed by atoms with Crippen LogP contribution in [-0.4, -0.2) is 8.07 Å². The Balaban J connectivity index is 0.000000180. The zero-order valence-corrected chi connectivity index (χ0v) is 13.2. The minimum atomic E-state index is -0.694. The van der Waals surface area contributed by atoms with Crippen molar-refractivity contribution >= 4 is 8.07 Å². The lowest BCUT2D eigenvalue weighted by Gasteiger charge is -2.34. The van der Waals surface area contributed by atoms with Crippen molar-refractivity contribution < 1.29 is 0 Å². The first-order valence-corrected chi connectivity index (χ1v) is 10.2. The Labute approximate surface area is 113 Å². The van der Waals surface area contributed by atoms with E-state index in [0.29, 0.717) is 0 Å². The van der Waals surface area contributed by atoms with Crippen LogP contribution in [0.3, 0.4) is 0 Å². The molecule has 1 unspecified atom stereocenters. The molecule has 1 aromatic carbocycles. The third-order valence-electron chi connectivity index (χ3n) is 4.31. The van der Waals surface area contributed by atoms with E-state index in [2.05, 4.69) is 26.1 Å². The van der Waals surface area contributed by atoms with Crippen molar-refractivity contribution in [2.24, 2.45) is 0 Å². The van der Waals surface area contributed by atoms with Gasteiger partial charge in [-0.15, -0.1) is 0 Å². The lowest BCUT2D eigenvalue weighted by molar-refractivity contribution is 0.635. The summed E-state index contributed by atoms with van der Waals surface area (Å²) < 4.78 is 0. The Morgan fingerprint density at radius 1 is 1.22 bits per heavy atom. The van der Waals surface area contributed by atoms with Gasteiger partial charge in [-0.2, -0.15) is 5.26 Å². The van der Waals surface area contributed by atoms with Gasteiger partial charge in [-0.05, 0) is 24.1 Å². The number of hydrogen-bond acceptors (Lipinski definition) is 1. The molecule has 0 aromatic heterocycles. The summed E-state index contributed by atoms with van der Waals surface area (Å²) in [7, 11) is -0.694. The first kappa shape index (κ1) is 15.0. The highest BCUT2D eigenvalue weighted by molar-refractivity contribution is 6.78. The van der Waals surface area contributed by atoms with Crippen molar-refractivity contribution in [2.75, 3.05) is 0 Å². The Hall–Kier alpha value is -1.07. The molecule has 1 nitrogen and oxygen atoms in total. The van der Waals surface area contributed by atoms with E-state index in [9.17, 15) is 0 Å². The van der Waals surface area contributed by atoms with E-state index in [1.807, 2.05) is 31.2 Å². The topological polar surface area (TPSA) is 23.8 Å². The maximum Gasteiger partial charge on any atom is 0.0994 e. The standard InChI is InChI=1S/C8H7N.C8H18Si/c1-7-4-2-3-5-8(7)6-9;1-8-6-4-5-7-9(8,2)3/h2-5H,1H3;8H,4-7H2,1-3H3. The van der Waals surface area contributed by atoms with Crippen LogP contribution in [0.2, 0.25) is 24.7 Å². The maximum atomic E-state index is 8.47. The minimum absolute atomic E-state index is 0.694. The van der Waals surface area contributed by atoms with Gasteiger partial charge in [-0.25, -0.2) is 0 Å². The molecule has 1 atom stereocenters. The number of hydrogen-bond donors (Lipinski definition) is 0. The van der Waals surface area contributed by atoms with Crippen LogP contribution in [0.1, 0.15) is 37.3 Å². The van der Waals surface area contributed by atoms with Crippen molar-refractivity contribution in [3.05, 3.63) is 35.4 Å². The molecule has 1 saturated heterocycles. The molecule has 1 fully saturated rings. The summed E-state index contributed by atoms with van der Waals surface area (Å²) in [6, 6.07) is 11.2. The average molecular weight is 259 g/mol. The molecular formula is C16H25NSi. The van der Waals surface area contributed by atoms with Crippen LogP contribution in [0.5, 0.6) is 0 Å². The number of benzene rings is 1. The lowest BCUT2D eigenvalue weighted by atomic mass is 10.1. The molecule has 0 amide bonds. The normalized spacial score (nSPS) is 21.4. The molecule has 98 valence electrons. The first-order chi connectivity index (χ1) is 8.47.